The minimum Gasteiger partial charge on any atom is -0.378 e. The molecule has 0 saturated carbocycles. The van der Waals surface area contributed by atoms with Gasteiger partial charge in [-0.15, -0.1) is 6.58 Å². The van der Waals surface area contributed by atoms with E-state index in [1.165, 1.54) is 12.8 Å². The summed E-state index contributed by atoms with van der Waals surface area (Å²) in [6.07, 6.45) is 5.91. The van der Waals surface area contributed by atoms with Gasteiger partial charge in [0.1, 0.15) is 0 Å². The van der Waals surface area contributed by atoms with Crippen molar-refractivity contribution in [3.05, 3.63) is 12.7 Å². The van der Waals surface area contributed by atoms with Crippen molar-refractivity contribution in [2.75, 3.05) is 6.61 Å². The Balaban J connectivity index is 2.14. The summed E-state index contributed by atoms with van der Waals surface area (Å²) in [4.78, 5) is 0. The van der Waals surface area contributed by atoms with Gasteiger partial charge in [0, 0.05) is 6.61 Å². The van der Waals surface area contributed by atoms with Crippen LogP contribution in [0.25, 0.3) is 0 Å². The highest BCUT2D eigenvalue weighted by Crippen LogP contribution is 2.14. The predicted octanol–water partition coefficient (Wildman–Crippen LogP) is 1.74. The average molecular weight is 114 g/mol. The highest BCUT2D eigenvalue weighted by Gasteiger charge is 2.12. The van der Waals surface area contributed by atoms with Gasteiger partial charge in [-0.25, -0.2) is 0 Å². The molecule has 1 aliphatic rings. The summed E-state index contributed by atoms with van der Waals surface area (Å²) < 4.78 is 5.32. The van der Waals surface area contributed by atoms with Crippen molar-refractivity contribution < 1.29 is 4.74 Å². The molecule has 0 aromatic carbocycles. The van der Waals surface area contributed by atoms with E-state index in [1.807, 2.05) is 6.08 Å². The van der Waals surface area contributed by atoms with E-state index in [1.54, 1.807) is 0 Å². The third-order valence-corrected chi connectivity index (χ3v) is 1.45. The van der Waals surface area contributed by atoms with Crippen LogP contribution in [0.1, 0.15) is 19.3 Å². The van der Waals surface area contributed by atoms with Gasteiger partial charge in [-0.2, -0.15) is 0 Å². The number of hydrogen-bond acceptors (Lipinski definition) is 1. The molecule has 1 heterocycles. The fourth-order valence-corrected chi connectivity index (χ4v) is 1.02. The van der Waals surface area contributed by atoms with Gasteiger partial charge in [0.2, 0.25) is 0 Å². The smallest absolute Gasteiger partial charge is 0.0610 e. The second kappa shape index (κ2) is 2.88. The first-order valence-corrected chi connectivity index (χ1v) is 3.16. The van der Waals surface area contributed by atoms with Crippen LogP contribution in [0.5, 0.6) is 0 Å². The molecule has 1 rings (SSSR count). The first-order chi connectivity index (χ1) is 3.93. The van der Waals surface area contributed by atoms with Crippen molar-refractivity contribution in [2.24, 2.45) is 0 Å². The van der Waals surface area contributed by atoms with Crippen molar-refractivity contribution in [3.63, 3.8) is 0 Å². The quantitative estimate of drug-likeness (QED) is 0.497. The molecule has 0 aromatic heterocycles. The maximum atomic E-state index is 5.32. The fraction of sp³-hybridized carbons (Fsp3) is 0.714. The molecular formula is C7H12O. The molecule has 1 heteroatoms. The largest absolute Gasteiger partial charge is 0.378 e. The lowest BCUT2D eigenvalue weighted by atomic mass is 10.5. The first-order valence-electron chi connectivity index (χ1n) is 3.16. The summed E-state index contributed by atoms with van der Waals surface area (Å²) in [6.45, 7) is 4.60. The number of hydrogen-bond donors (Lipinski definition) is 0. The summed E-state index contributed by atoms with van der Waals surface area (Å²) in [5.74, 6) is 0. The molecule has 1 unspecified atom stereocenters. The zero-order chi connectivity index (χ0) is 5.82. The van der Waals surface area contributed by atoms with Crippen LogP contribution in [0.3, 0.4) is 0 Å². The summed E-state index contributed by atoms with van der Waals surface area (Å²) in [7, 11) is 0. The normalized spacial score (nSPS) is 28.2. The van der Waals surface area contributed by atoms with Crippen LogP contribution in [0.15, 0.2) is 12.7 Å². The van der Waals surface area contributed by atoms with Crippen LogP contribution in [0, 0.1) is 0 Å². The molecule has 1 nitrogen and oxygen atoms in total. The fourth-order valence-electron chi connectivity index (χ4n) is 1.02. The predicted molar refractivity (Wildman–Crippen MR) is 33.8 cm³/mol. The third kappa shape index (κ3) is 1.34. The highest BCUT2D eigenvalue weighted by molar-refractivity contribution is 4.75. The van der Waals surface area contributed by atoms with Crippen LogP contribution < -0.4 is 0 Å². The van der Waals surface area contributed by atoms with Crippen molar-refractivity contribution in [3.8, 4) is 0 Å². The molecule has 0 aliphatic carbocycles. The molecule has 8 heavy (non-hydrogen) atoms. The van der Waals surface area contributed by atoms with E-state index in [0.29, 0.717) is 6.10 Å². The van der Waals surface area contributed by atoms with Gasteiger partial charge < -0.3 is 4.74 Å². The summed E-state index contributed by atoms with van der Waals surface area (Å²) in [5, 5.41) is 0. The Kier molecular flexibility index (Phi) is 2.10. The molecule has 1 saturated heterocycles. The van der Waals surface area contributed by atoms with Gasteiger partial charge in [0.25, 0.3) is 0 Å². The van der Waals surface area contributed by atoms with Crippen molar-refractivity contribution in [1.29, 1.82) is 0 Å². The highest BCUT2D eigenvalue weighted by atomic mass is 16.7. The standard InChI is InChI=1S/C7H12O/c1-2-4-7-5-3-6-8-7/h2,7H,1,3-6H2/i7+2. The zero-order valence-electron chi connectivity index (χ0n) is 5.10. The van der Waals surface area contributed by atoms with Crippen LogP contribution in [0.4, 0.5) is 0 Å². The summed E-state index contributed by atoms with van der Waals surface area (Å²) in [5.41, 5.74) is 0. The van der Waals surface area contributed by atoms with Crippen LogP contribution in [0.2, 0.25) is 0 Å². The first kappa shape index (κ1) is 5.83. The molecule has 0 N–H and O–H groups in total. The van der Waals surface area contributed by atoms with Gasteiger partial charge in [0.15, 0.2) is 0 Å². The molecule has 0 spiro atoms. The lowest BCUT2D eigenvalue weighted by Gasteiger charge is -2.02. The number of ether oxygens (including phenoxy) is 1. The van der Waals surface area contributed by atoms with E-state index in [9.17, 15) is 0 Å². The SMILES string of the molecule is C=CC[14CH]1CCCO1. The Hall–Kier alpha value is -0.300. The lowest BCUT2D eigenvalue weighted by molar-refractivity contribution is 0.113. The van der Waals surface area contributed by atoms with E-state index >= 15 is 0 Å². The molecule has 0 amide bonds. The van der Waals surface area contributed by atoms with Crippen molar-refractivity contribution in [1.82, 2.24) is 0 Å². The maximum Gasteiger partial charge on any atom is 0.0610 e. The summed E-state index contributed by atoms with van der Waals surface area (Å²) in [6, 6.07) is 0. The molecule has 46 valence electrons. The van der Waals surface area contributed by atoms with E-state index in [0.717, 1.165) is 13.0 Å². The van der Waals surface area contributed by atoms with E-state index in [-0.39, 0.29) is 0 Å². The third-order valence-electron chi connectivity index (χ3n) is 1.45. The zero-order valence-corrected chi connectivity index (χ0v) is 5.10. The average Bonchev–Trinajstić information content (AvgIpc) is 2.19. The van der Waals surface area contributed by atoms with Gasteiger partial charge >= 0.3 is 0 Å². The van der Waals surface area contributed by atoms with Crippen LogP contribution in [-0.2, 0) is 4.74 Å². The van der Waals surface area contributed by atoms with Crippen molar-refractivity contribution in [2.45, 2.75) is 25.4 Å². The van der Waals surface area contributed by atoms with Crippen molar-refractivity contribution >= 4 is 0 Å². The molecular weight excluding hydrogens is 102 g/mol. The minimum absolute atomic E-state index is 0.493. The Bertz CT molecular complexity index is 72.5. The van der Waals surface area contributed by atoms with Gasteiger partial charge in [-0.05, 0) is 19.3 Å². The van der Waals surface area contributed by atoms with E-state index < -0.39 is 0 Å². The maximum absolute atomic E-state index is 5.32. The summed E-state index contributed by atoms with van der Waals surface area (Å²) >= 11 is 0. The molecule has 0 aromatic rings. The molecule has 0 radical (unpaired) electrons. The van der Waals surface area contributed by atoms with E-state index in [4.69, 9.17) is 4.74 Å². The monoisotopic (exact) mass is 114 g/mol. The second-order valence-corrected chi connectivity index (χ2v) is 2.16. The Morgan fingerprint density at radius 2 is 2.62 bits per heavy atom. The molecule has 1 aliphatic heterocycles. The molecule has 1 atom stereocenters. The number of rotatable bonds is 2. The lowest BCUT2D eigenvalue weighted by Crippen LogP contribution is -2.01. The Morgan fingerprint density at radius 3 is 3.12 bits per heavy atom. The van der Waals surface area contributed by atoms with Gasteiger partial charge in [-0.3, -0.25) is 0 Å². The Morgan fingerprint density at radius 1 is 1.75 bits per heavy atom. The minimum atomic E-state index is 0.493. The van der Waals surface area contributed by atoms with Crippen LogP contribution in [-0.4, -0.2) is 12.7 Å². The molecule has 1 fully saturated rings. The Labute approximate surface area is 50.3 Å². The van der Waals surface area contributed by atoms with Crippen LogP contribution >= 0.6 is 0 Å². The van der Waals surface area contributed by atoms with E-state index in [2.05, 4.69) is 6.58 Å². The topological polar surface area (TPSA) is 9.23 Å². The van der Waals surface area contributed by atoms with Gasteiger partial charge in [-0.1, -0.05) is 6.08 Å². The van der Waals surface area contributed by atoms with Gasteiger partial charge in [0.05, 0.1) is 6.10 Å². The molecule has 0 bridgehead atoms. The second-order valence-electron chi connectivity index (χ2n) is 2.16.